The third-order valence-electron chi connectivity index (χ3n) is 2.92. The maximum absolute atomic E-state index is 11.7. The summed E-state index contributed by atoms with van der Waals surface area (Å²) >= 11 is 0. The fraction of sp³-hybridized carbons (Fsp3) is 0.462. The van der Waals surface area contributed by atoms with Gasteiger partial charge in [0.05, 0.1) is 0 Å². The summed E-state index contributed by atoms with van der Waals surface area (Å²) in [6.45, 7) is 3.08. The Balaban J connectivity index is 1.97. The maximum Gasteiger partial charge on any atom is 0.246 e. The molecule has 1 unspecified atom stereocenters. The van der Waals surface area contributed by atoms with Crippen molar-refractivity contribution in [3.63, 3.8) is 0 Å². The summed E-state index contributed by atoms with van der Waals surface area (Å²) in [6.07, 6.45) is 3.54. The van der Waals surface area contributed by atoms with Gasteiger partial charge in [-0.15, -0.1) is 0 Å². The lowest BCUT2D eigenvalue weighted by molar-refractivity contribution is -0.117. The van der Waals surface area contributed by atoms with Gasteiger partial charge >= 0.3 is 0 Å². The van der Waals surface area contributed by atoms with E-state index in [1.807, 2.05) is 24.3 Å². The van der Waals surface area contributed by atoms with Crippen molar-refractivity contribution in [2.75, 3.05) is 11.9 Å². The predicted octanol–water partition coefficient (Wildman–Crippen LogP) is 2.46. The van der Waals surface area contributed by atoms with Crippen LogP contribution in [0.15, 0.2) is 24.3 Å². The molecule has 2 rings (SSSR count). The zero-order valence-corrected chi connectivity index (χ0v) is 9.62. The van der Waals surface area contributed by atoms with Crippen molar-refractivity contribution < 1.29 is 4.79 Å². The molecule has 0 fully saturated rings. The van der Waals surface area contributed by atoms with Gasteiger partial charge in [0.15, 0.2) is 0 Å². The molecule has 1 amide bonds. The van der Waals surface area contributed by atoms with E-state index in [1.165, 1.54) is 12.8 Å². The molecule has 3 nitrogen and oxygen atoms in total. The zero-order valence-electron chi connectivity index (χ0n) is 9.62. The van der Waals surface area contributed by atoms with E-state index >= 15 is 0 Å². The summed E-state index contributed by atoms with van der Waals surface area (Å²) in [5, 5.41) is 6.20. The summed E-state index contributed by atoms with van der Waals surface area (Å²) in [7, 11) is 0. The molecule has 0 saturated heterocycles. The zero-order chi connectivity index (χ0) is 11.4. The lowest BCUT2D eigenvalue weighted by atomic mass is 10.1. The Kier molecular flexibility index (Phi) is 3.57. The fourth-order valence-electron chi connectivity index (χ4n) is 2.03. The smallest absolute Gasteiger partial charge is 0.246 e. The van der Waals surface area contributed by atoms with Crippen molar-refractivity contribution in [1.82, 2.24) is 5.32 Å². The van der Waals surface area contributed by atoms with Crippen molar-refractivity contribution in [3.8, 4) is 0 Å². The number of carbonyl (C=O) groups is 1. The third kappa shape index (κ3) is 2.25. The van der Waals surface area contributed by atoms with Crippen LogP contribution in [0, 0.1) is 0 Å². The summed E-state index contributed by atoms with van der Waals surface area (Å²) in [4.78, 5) is 11.7. The van der Waals surface area contributed by atoms with Crippen molar-refractivity contribution in [2.45, 2.75) is 32.2 Å². The van der Waals surface area contributed by atoms with E-state index in [0.29, 0.717) is 0 Å². The highest BCUT2D eigenvalue weighted by atomic mass is 16.2. The van der Waals surface area contributed by atoms with Crippen molar-refractivity contribution in [1.29, 1.82) is 0 Å². The fourth-order valence-corrected chi connectivity index (χ4v) is 2.03. The van der Waals surface area contributed by atoms with E-state index in [2.05, 4.69) is 17.6 Å². The molecule has 1 aliphatic rings. The van der Waals surface area contributed by atoms with E-state index in [0.717, 1.165) is 24.2 Å². The number of para-hydroxylation sites is 1. The Morgan fingerprint density at radius 3 is 2.94 bits per heavy atom. The average Bonchev–Trinajstić information content (AvgIpc) is 2.61. The Morgan fingerprint density at radius 2 is 2.12 bits per heavy atom. The first-order chi connectivity index (χ1) is 7.83. The van der Waals surface area contributed by atoms with Gasteiger partial charge in [-0.2, -0.15) is 0 Å². The number of anilines is 1. The van der Waals surface area contributed by atoms with Crippen molar-refractivity contribution in [2.24, 2.45) is 0 Å². The minimum atomic E-state index is -0.159. The lowest BCUT2D eigenvalue weighted by Gasteiger charge is -2.10. The van der Waals surface area contributed by atoms with Gasteiger partial charge in [0.2, 0.25) is 5.91 Å². The van der Waals surface area contributed by atoms with E-state index < -0.39 is 0 Å². The van der Waals surface area contributed by atoms with Crippen LogP contribution in [-0.4, -0.2) is 12.5 Å². The Labute approximate surface area is 96.2 Å². The average molecular weight is 218 g/mol. The van der Waals surface area contributed by atoms with Gasteiger partial charge in [0.25, 0.3) is 0 Å². The third-order valence-corrected chi connectivity index (χ3v) is 2.92. The molecule has 0 spiro atoms. The number of carbonyl (C=O) groups excluding carboxylic acids is 1. The molecule has 1 heterocycles. The summed E-state index contributed by atoms with van der Waals surface area (Å²) in [5.74, 6) is 0.0673. The van der Waals surface area contributed by atoms with Crippen LogP contribution in [0.3, 0.4) is 0 Å². The number of benzene rings is 1. The first-order valence-corrected chi connectivity index (χ1v) is 5.96. The number of hydrogen-bond donors (Lipinski definition) is 2. The monoisotopic (exact) mass is 218 g/mol. The highest BCUT2D eigenvalue weighted by molar-refractivity contribution is 6.02. The molecule has 1 aromatic rings. The summed E-state index contributed by atoms with van der Waals surface area (Å²) in [6, 6.07) is 7.71. The Hall–Kier alpha value is -1.35. The van der Waals surface area contributed by atoms with Gasteiger partial charge in [-0.05, 0) is 19.0 Å². The van der Waals surface area contributed by atoms with Crippen LogP contribution in [-0.2, 0) is 4.79 Å². The first-order valence-electron chi connectivity index (χ1n) is 5.96. The van der Waals surface area contributed by atoms with Crippen molar-refractivity contribution >= 4 is 11.6 Å². The first kappa shape index (κ1) is 11.1. The molecular formula is C13H18N2O. The number of nitrogens with one attached hydrogen (secondary N) is 2. The van der Waals surface area contributed by atoms with E-state index in [-0.39, 0.29) is 11.9 Å². The molecule has 86 valence electrons. The Morgan fingerprint density at radius 1 is 1.31 bits per heavy atom. The van der Waals surface area contributed by atoms with Crippen LogP contribution < -0.4 is 10.6 Å². The van der Waals surface area contributed by atoms with Gasteiger partial charge in [0.1, 0.15) is 6.04 Å². The molecule has 0 aliphatic carbocycles. The number of rotatable bonds is 5. The number of amides is 1. The number of fused-ring (bicyclic) bond motifs is 1. The molecule has 3 heteroatoms. The van der Waals surface area contributed by atoms with Gasteiger partial charge in [-0.25, -0.2) is 0 Å². The SMILES string of the molecule is CCCCCNC1C(=O)Nc2ccccc21. The van der Waals surface area contributed by atoms with Crippen LogP contribution in [0.5, 0.6) is 0 Å². The van der Waals surface area contributed by atoms with Gasteiger partial charge in [-0.3, -0.25) is 4.79 Å². The number of unbranched alkanes of at least 4 members (excludes halogenated alkanes) is 2. The van der Waals surface area contributed by atoms with E-state index in [9.17, 15) is 4.79 Å². The predicted molar refractivity (Wildman–Crippen MR) is 65.3 cm³/mol. The lowest BCUT2D eigenvalue weighted by Crippen LogP contribution is -2.28. The van der Waals surface area contributed by atoms with Crippen LogP contribution >= 0.6 is 0 Å². The molecule has 0 saturated carbocycles. The van der Waals surface area contributed by atoms with Crippen LogP contribution in [0.2, 0.25) is 0 Å². The largest absolute Gasteiger partial charge is 0.324 e. The molecule has 1 aliphatic heterocycles. The highest BCUT2D eigenvalue weighted by Crippen LogP contribution is 2.29. The van der Waals surface area contributed by atoms with Crippen molar-refractivity contribution in [3.05, 3.63) is 29.8 Å². The van der Waals surface area contributed by atoms with Crippen LogP contribution in [0.4, 0.5) is 5.69 Å². The normalized spacial score (nSPS) is 18.3. The molecule has 2 N–H and O–H groups in total. The van der Waals surface area contributed by atoms with E-state index in [1.54, 1.807) is 0 Å². The topological polar surface area (TPSA) is 41.1 Å². The molecular weight excluding hydrogens is 200 g/mol. The molecule has 1 atom stereocenters. The Bertz CT molecular complexity index is 376. The molecule has 0 radical (unpaired) electrons. The number of hydrogen-bond acceptors (Lipinski definition) is 2. The molecule has 0 bridgehead atoms. The molecule has 1 aromatic carbocycles. The second-order valence-electron chi connectivity index (χ2n) is 4.17. The molecule has 0 aromatic heterocycles. The minimum absolute atomic E-state index is 0.0673. The molecule has 16 heavy (non-hydrogen) atoms. The van der Waals surface area contributed by atoms with E-state index in [4.69, 9.17) is 0 Å². The van der Waals surface area contributed by atoms with Gasteiger partial charge in [-0.1, -0.05) is 38.0 Å². The second-order valence-corrected chi connectivity index (χ2v) is 4.17. The van der Waals surface area contributed by atoms with Crippen LogP contribution in [0.1, 0.15) is 37.8 Å². The standard InChI is InChI=1S/C13H18N2O/c1-2-3-6-9-14-12-10-7-4-5-8-11(10)15-13(12)16/h4-5,7-8,12,14H,2-3,6,9H2,1H3,(H,15,16). The summed E-state index contributed by atoms with van der Waals surface area (Å²) < 4.78 is 0. The minimum Gasteiger partial charge on any atom is -0.324 e. The highest BCUT2D eigenvalue weighted by Gasteiger charge is 2.28. The van der Waals surface area contributed by atoms with Crippen LogP contribution in [0.25, 0.3) is 0 Å². The maximum atomic E-state index is 11.7. The van der Waals surface area contributed by atoms with Gasteiger partial charge in [0, 0.05) is 11.3 Å². The quantitative estimate of drug-likeness (QED) is 0.745. The van der Waals surface area contributed by atoms with Gasteiger partial charge < -0.3 is 10.6 Å². The summed E-state index contributed by atoms with van der Waals surface area (Å²) in [5.41, 5.74) is 2.02. The second kappa shape index (κ2) is 5.12.